The van der Waals surface area contributed by atoms with Gasteiger partial charge in [-0.25, -0.2) is 0 Å². The number of fused-ring (bicyclic) bond motifs is 1. The molecule has 0 amide bonds. The number of rotatable bonds is 2. The van der Waals surface area contributed by atoms with Crippen LogP contribution in [0.2, 0.25) is 0 Å². The maximum atomic E-state index is 3.60. The Morgan fingerprint density at radius 2 is 2.08 bits per heavy atom. The summed E-state index contributed by atoms with van der Waals surface area (Å²) in [6.45, 7) is 1.27. The summed E-state index contributed by atoms with van der Waals surface area (Å²) < 4.78 is 0. The second-order valence-corrected chi connectivity index (χ2v) is 4.36. The van der Waals surface area contributed by atoms with Crippen molar-refractivity contribution in [1.82, 2.24) is 5.32 Å². The van der Waals surface area contributed by atoms with Crippen LogP contribution in [-0.2, 0) is 6.42 Å². The van der Waals surface area contributed by atoms with Gasteiger partial charge in [-0.1, -0.05) is 30.3 Å². The summed E-state index contributed by atoms with van der Waals surface area (Å²) in [6, 6.07) is 11.6. The summed E-state index contributed by atoms with van der Waals surface area (Å²) in [5.74, 6) is 2.02. The lowest BCUT2D eigenvalue weighted by atomic mass is 10.0. The van der Waals surface area contributed by atoms with Gasteiger partial charge in [0.05, 0.1) is 0 Å². The van der Waals surface area contributed by atoms with Crippen molar-refractivity contribution in [2.75, 3.05) is 6.54 Å². The Kier molecular flexibility index (Phi) is 1.66. The van der Waals surface area contributed by atoms with Gasteiger partial charge in [0.25, 0.3) is 0 Å². The van der Waals surface area contributed by atoms with Crippen molar-refractivity contribution in [3.8, 4) is 0 Å². The maximum absolute atomic E-state index is 3.60. The molecule has 1 saturated carbocycles. The maximum Gasteiger partial charge on any atom is 0.0139 e. The number of hydrogen-bond acceptors (Lipinski definition) is 1. The molecule has 0 aromatic heterocycles. The first-order chi connectivity index (χ1) is 6.43. The van der Waals surface area contributed by atoms with E-state index in [9.17, 15) is 0 Å². The fourth-order valence-corrected chi connectivity index (χ4v) is 2.54. The van der Waals surface area contributed by atoms with Crippen molar-refractivity contribution in [2.24, 2.45) is 11.8 Å². The summed E-state index contributed by atoms with van der Waals surface area (Å²) in [7, 11) is 0. The van der Waals surface area contributed by atoms with Crippen molar-refractivity contribution in [3.63, 3.8) is 0 Å². The number of piperidine rings is 1. The first-order valence-electron chi connectivity index (χ1n) is 5.21. The monoisotopic (exact) mass is 173 g/mol. The van der Waals surface area contributed by atoms with Crippen molar-refractivity contribution in [3.05, 3.63) is 35.9 Å². The zero-order valence-electron chi connectivity index (χ0n) is 7.74. The number of nitrogens with one attached hydrogen (secondary N) is 1. The molecule has 1 heterocycles. The van der Waals surface area contributed by atoms with Crippen LogP contribution in [0.25, 0.3) is 0 Å². The average Bonchev–Trinajstić information content (AvgIpc) is 2.86. The smallest absolute Gasteiger partial charge is 0.0139 e. The Labute approximate surface area is 79.2 Å². The first-order valence-corrected chi connectivity index (χ1v) is 5.21. The van der Waals surface area contributed by atoms with Gasteiger partial charge >= 0.3 is 0 Å². The highest BCUT2D eigenvalue weighted by Gasteiger charge is 2.47. The summed E-state index contributed by atoms with van der Waals surface area (Å²) in [6.07, 6.45) is 2.70. The first kappa shape index (κ1) is 7.57. The molecular weight excluding hydrogens is 158 g/mol. The predicted molar refractivity (Wildman–Crippen MR) is 53.5 cm³/mol. The largest absolute Gasteiger partial charge is 0.313 e. The van der Waals surface area contributed by atoms with Crippen LogP contribution < -0.4 is 5.32 Å². The van der Waals surface area contributed by atoms with Gasteiger partial charge in [0, 0.05) is 6.04 Å². The van der Waals surface area contributed by atoms with E-state index in [0.29, 0.717) is 0 Å². The summed E-state index contributed by atoms with van der Waals surface area (Å²) in [5, 5.41) is 3.60. The highest BCUT2D eigenvalue weighted by atomic mass is 15.0. The van der Waals surface area contributed by atoms with Gasteiger partial charge < -0.3 is 5.32 Å². The van der Waals surface area contributed by atoms with Crippen LogP contribution in [0.4, 0.5) is 0 Å². The lowest BCUT2D eigenvalue weighted by Gasteiger charge is -2.12. The molecule has 3 unspecified atom stereocenters. The molecule has 1 heteroatoms. The summed E-state index contributed by atoms with van der Waals surface area (Å²) in [5.41, 5.74) is 1.48. The van der Waals surface area contributed by atoms with Crippen LogP contribution in [0, 0.1) is 11.8 Å². The van der Waals surface area contributed by atoms with Crippen LogP contribution in [0.15, 0.2) is 30.3 Å². The van der Waals surface area contributed by atoms with Crippen LogP contribution in [0.3, 0.4) is 0 Å². The molecular formula is C12H15N. The van der Waals surface area contributed by atoms with Gasteiger partial charge in [0.2, 0.25) is 0 Å². The molecule has 1 saturated heterocycles. The highest BCUT2D eigenvalue weighted by molar-refractivity contribution is 5.18. The minimum atomic E-state index is 0.771. The molecule has 68 valence electrons. The van der Waals surface area contributed by atoms with Gasteiger partial charge in [0.1, 0.15) is 0 Å². The van der Waals surface area contributed by atoms with Crippen LogP contribution in [-0.4, -0.2) is 12.6 Å². The topological polar surface area (TPSA) is 12.0 Å². The second kappa shape index (κ2) is 2.85. The molecule has 0 spiro atoms. The van der Waals surface area contributed by atoms with E-state index in [1.165, 1.54) is 24.9 Å². The zero-order valence-corrected chi connectivity index (χ0v) is 7.74. The quantitative estimate of drug-likeness (QED) is 0.719. The molecule has 2 aliphatic rings. The van der Waals surface area contributed by atoms with Crippen molar-refractivity contribution in [1.29, 1.82) is 0 Å². The Morgan fingerprint density at radius 3 is 2.69 bits per heavy atom. The highest BCUT2D eigenvalue weighted by Crippen LogP contribution is 2.45. The van der Waals surface area contributed by atoms with E-state index >= 15 is 0 Å². The molecule has 0 radical (unpaired) electrons. The molecule has 2 fully saturated rings. The van der Waals surface area contributed by atoms with Crippen molar-refractivity contribution >= 4 is 0 Å². The van der Waals surface area contributed by atoms with E-state index in [-0.39, 0.29) is 0 Å². The van der Waals surface area contributed by atoms with Crippen LogP contribution >= 0.6 is 0 Å². The third-order valence-electron chi connectivity index (χ3n) is 3.43. The normalized spacial score (nSPS) is 35.8. The molecule has 1 aliphatic heterocycles. The van der Waals surface area contributed by atoms with E-state index in [1.54, 1.807) is 0 Å². The molecule has 3 rings (SSSR count). The number of hydrogen-bond donors (Lipinski definition) is 1. The van der Waals surface area contributed by atoms with Gasteiger partial charge in [-0.2, -0.15) is 0 Å². The lowest BCUT2D eigenvalue weighted by Crippen LogP contribution is -2.28. The van der Waals surface area contributed by atoms with E-state index < -0.39 is 0 Å². The Morgan fingerprint density at radius 1 is 1.23 bits per heavy atom. The Hall–Kier alpha value is -0.820. The Balaban J connectivity index is 1.69. The van der Waals surface area contributed by atoms with Gasteiger partial charge in [-0.05, 0) is 36.8 Å². The molecule has 13 heavy (non-hydrogen) atoms. The Bertz CT molecular complexity index is 293. The molecule has 0 bridgehead atoms. The summed E-state index contributed by atoms with van der Waals surface area (Å²) >= 11 is 0. The molecule has 3 atom stereocenters. The zero-order chi connectivity index (χ0) is 8.67. The van der Waals surface area contributed by atoms with E-state index in [4.69, 9.17) is 0 Å². The average molecular weight is 173 g/mol. The van der Waals surface area contributed by atoms with Gasteiger partial charge in [0.15, 0.2) is 0 Å². The molecule has 1 N–H and O–H groups in total. The third-order valence-corrected chi connectivity index (χ3v) is 3.43. The van der Waals surface area contributed by atoms with E-state index in [1.807, 2.05) is 0 Å². The summed E-state index contributed by atoms with van der Waals surface area (Å²) in [4.78, 5) is 0. The van der Waals surface area contributed by atoms with Gasteiger partial charge in [-0.3, -0.25) is 0 Å². The van der Waals surface area contributed by atoms with E-state index in [2.05, 4.69) is 35.6 Å². The lowest BCUT2D eigenvalue weighted by molar-refractivity contribution is 0.531. The second-order valence-electron chi connectivity index (χ2n) is 4.36. The molecule has 1 aromatic carbocycles. The molecule has 1 aromatic rings. The molecule has 1 nitrogen and oxygen atoms in total. The van der Waals surface area contributed by atoms with Crippen molar-refractivity contribution < 1.29 is 0 Å². The van der Waals surface area contributed by atoms with Crippen LogP contribution in [0.1, 0.15) is 12.0 Å². The van der Waals surface area contributed by atoms with E-state index in [0.717, 1.165) is 17.9 Å². The van der Waals surface area contributed by atoms with Gasteiger partial charge in [-0.15, -0.1) is 0 Å². The third kappa shape index (κ3) is 1.37. The van der Waals surface area contributed by atoms with Crippen molar-refractivity contribution in [2.45, 2.75) is 18.9 Å². The minimum Gasteiger partial charge on any atom is -0.313 e. The van der Waals surface area contributed by atoms with Crippen LogP contribution in [0.5, 0.6) is 0 Å². The minimum absolute atomic E-state index is 0.771. The standard InChI is InChI=1S/C12H15N/c1-2-4-9(5-3-1)6-12-11-7-10(11)8-13-12/h1-5,10-13H,6-8H2. The fourth-order valence-electron chi connectivity index (χ4n) is 2.54. The molecule has 1 aliphatic carbocycles. The fraction of sp³-hybridized carbons (Fsp3) is 0.500. The number of benzene rings is 1. The SMILES string of the molecule is c1ccc(CC2NCC3CC32)cc1. The predicted octanol–water partition coefficient (Wildman–Crippen LogP) is 1.84.